The highest BCUT2D eigenvalue weighted by molar-refractivity contribution is 5.93. The number of nitrogens with one attached hydrogen (secondary N) is 1. The van der Waals surface area contributed by atoms with Gasteiger partial charge in [-0.3, -0.25) is 14.8 Å². The number of hydrogen-bond acceptors (Lipinski definition) is 5. The van der Waals surface area contributed by atoms with E-state index in [1.54, 1.807) is 42.4 Å². The Kier molecular flexibility index (Phi) is 4.91. The molecule has 0 radical (unpaired) electrons. The normalized spacial score (nSPS) is 17.8. The minimum Gasteiger partial charge on any atom is -0.491 e. The van der Waals surface area contributed by atoms with Crippen LogP contribution in [0.4, 0.5) is 0 Å². The van der Waals surface area contributed by atoms with Crippen LogP contribution in [-0.4, -0.2) is 46.3 Å². The number of fused-ring (bicyclic) bond motifs is 1. The second-order valence-electron chi connectivity index (χ2n) is 6.40. The fraction of sp³-hybridized carbons (Fsp3) is 0.500. The molecule has 1 aliphatic rings. The molecule has 0 aromatic heterocycles. The Balaban J connectivity index is 2.32. The average molecular weight is 322 g/mol. The number of benzene rings is 1. The van der Waals surface area contributed by atoms with E-state index in [-0.39, 0.29) is 30.7 Å². The van der Waals surface area contributed by atoms with E-state index in [1.165, 1.54) is 0 Å². The molecule has 1 aliphatic heterocycles. The van der Waals surface area contributed by atoms with Gasteiger partial charge >= 0.3 is 0 Å². The number of aliphatic hydroxyl groups excluding tert-OH is 1. The van der Waals surface area contributed by atoms with Gasteiger partial charge in [-0.15, -0.1) is 0 Å². The van der Waals surface area contributed by atoms with Crippen LogP contribution in [0, 0.1) is 5.41 Å². The number of aliphatic hydroxyl groups is 1. The Morgan fingerprint density at radius 3 is 2.74 bits per heavy atom. The molecule has 1 heterocycles. The van der Waals surface area contributed by atoms with Crippen LogP contribution in [0.15, 0.2) is 18.2 Å². The molecular formula is C16H22N2O5. The van der Waals surface area contributed by atoms with Crippen molar-refractivity contribution >= 4 is 11.8 Å². The van der Waals surface area contributed by atoms with Gasteiger partial charge in [0.1, 0.15) is 12.4 Å². The molecule has 0 fully saturated rings. The molecule has 2 amide bonds. The fourth-order valence-corrected chi connectivity index (χ4v) is 2.39. The molecule has 126 valence electrons. The quantitative estimate of drug-likeness (QED) is 0.568. The highest BCUT2D eigenvalue weighted by Gasteiger charge is 2.35. The highest BCUT2D eigenvalue weighted by Crippen LogP contribution is 2.29. The minimum atomic E-state index is -0.866. The van der Waals surface area contributed by atoms with Crippen LogP contribution >= 0.6 is 0 Å². The number of amides is 2. The zero-order valence-electron chi connectivity index (χ0n) is 13.5. The van der Waals surface area contributed by atoms with Gasteiger partial charge in [0, 0.05) is 17.7 Å². The van der Waals surface area contributed by atoms with Gasteiger partial charge in [-0.2, -0.15) is 0 Å². The first-order valence-electron chi connectivity index (χ1n) is 7.42. The molecule has 0 saturated heterocycles. The summed E-state index contributed by atoms with van der Waals surface area (Å²) < 4.78 is 5.70. The number of ether oxygens (including phenoxy) is 1. The summed E-state index contributed by atoms with van der Waals surface area (Å²) in [4.78, 5) is 25.8. The third-order valence-electron chi connectivity index (χ3n) is 4.02. The van der Waals surface area contributed by atoms with Crippen molar-refractivity contribution in [3.05, 3.63) is 29.3 Å². The van der Waals surface area contributed by atoms with Crippen LogP contribution in [0.1, 0.15) is 36.7 Å². The van der Waals surface area contributed by atoms with Gasteiger partial charge in [0.25, 0.3) is 5.91 Å². The summed E-state index contributed by atoms with van der Waals surface area (Å²) in [5.41, 5.74) is 1.76. The third-order valence-corrected chi connectivity index (χ3v) is 4.02. The molecule has 23 heavy (non-hydrogen) atoms. The number of rotatable bonds is 3. The molecule has 1 atom stereocenters. The van der Waals surface area contributed by atoms with Crippen molar-refractivity contribution in [1.82, 2.24) is 10.4 Å². The first kappa shape index (κ1) is 17.2. The molecule has 1 unspecified atom stereocenters. The maximum absolute atomic E-state index is 12.7. The summed E-state index contributed by atoms with van der Waals surface area (Å²) in [5, 5.41) is 18.1. The lowest BCUT2D eigenvalue weighted by Gasteiger charge is -2.33. The SMILES string of the molecule is CC1COc2cc(C(=O)NO)ccc2CN1C(=O)C(C)(C)CO. The van der Waals surface area contributed by atoms with Gasteiger partial charge in [0.05, 0.1) is 18.1 Å². The summed E-state index contributed by atoms with van der Waals surface area (Å²) in [5.74, 6) is -0.265. The fourth-order valence-electron chi connectivity index (χ4n) is 2.39. The summed E-state index contributed by atoms with van der Waals surface area (Å²) in [6, 6.07) is 4.63. The van der Waals surface area contributed by atoms with Crippen LogP contribution in [0.3, 0.4) is 0 Å². The first-order chi connectivity index (χ1) is 10.8. The van der Waals surface area contributed by atoms with E-state index in [0.717, 1.165) is 5.56 Å². The zero-order chi connectivity index (χ0) is 17.2. The monoisotopic (exact) mass is 322 g/mol. The molecule has 0 bridgehead atoms. The minimum absolute atomic E-state index is 0.152. The van der Waals surface area contributed by atoms with Gasteiger partial charge < -0.3 is 14.7 Å². The van der Waals surface area contributed by atoms with E-state index in [2.05, 4.69) is 0 Å². The van der Waals surface area contributed by atoms with E-state index in [4.69, 9.17) is 9.94 Å². The zero-order valence-corrected chi connectivity index (χ0v) is 13.5. The number of nitrogens with zero attached hydrogens (tertiary/aromatic N) is 1. The standard InChI is InChI=1S/C16H22N2O5/c1-10-8-23-13-6-11(14(20)17-22)4-5-12(13)7-18(10)15(21)16(2,3)9-19/h4-6,10,19,22H,7-9H2,1-3H3,(H,17,20). The van der Waals surface area contributed by atoms with Gasteiger partial charge in [0.2, 0.25) is 5.91 Å². The Labute approximate surface area is 134 Å². The Bertz CT molecular complexity index is 614. The second kappa shape index (κ2) is 6.55. The van der Waals surface area contributed by atoms with E-state index >= 15 is 0 Å². The van der Waals surface area contributed by atoms with Crippen molar-refractivity contribution in [1.29, 1.82) is 0 Å². The topological polar surface area (TPSA) is 99.1 Å². The molecule has 2 rings (SSSR count). The van der Waals surface area contributed by atoms with Crippen molar-refractivity contribution in [3.8, 4) is 5.75 Å². The Morgan fingerprint density at radius 2 is 2.13 bits per heavy atom. The highest BCUT2D eigenvalue weighted by atomic mass is 16.5. The van der Waals surface area contributed by atoms with Crippen molar-refractivity contribution in [2.75, 3.05) is 13.2 Å². The predicted octanol–water partition coefficient (Wildman–Crippen LogP) is 0.934. The maximum atomic E-state index is 12.7. The lowest BCUT2D eigenvalue weighted by Crippen LogP contribution is -2.47. The summed E-state index contributed by atoms with van der Waals surface area (Å²) in [6.45, 7) is 5.65. The predicted molar refractivity (Wildman–Crippen MR) is 82.1 cm³/mol. The number of hydroxylamine groups is 1. The smallest absolute Gasteiger partial charge is 0.274 e. The second-order valence-corrected chi connectivity index (χ2v) is 6.40. The Hall–Kier alpha value is -2.12. The van der Waals surface area contributed by atoms with Crippen LogP contribution in [-0.2, 0) is 11.3 Å². The largest absolute Gasteiger partial charge is 0.491 e. The van der Waals surface area contributed by atoms with E-state index in [9.17, 15) is 14.7 Å². The van der Waals surface area contributed by atoms with E-state index in [0.29, 0.717) is 12.3 Å². The Morgan fingerprint density at radius 1 is 1.43 bits per heavy atom. The number of carbonyl (C=O) groups excluding carboxylic acids is 2. The number of carbonyl (C=O) groups is 2. The molecule has 3 N–H and O–H groups in total. The van der Waals surface area contributed by atoms with Crippen LogP contribution in [0.5, 0.6) is 5.75 Å². The molecule has 0 spiro atoms. The first-order valence-corrected chi connectivity index (χ1v) is 7.42. The maximum Gasteiger partial charge on any atom is 0.274 e. The lowest BCUT2D eigenvalue weighted by molar-refractivity contribution is -0.145. The lowest BCUT2D eigenvalue weighted by atomic mass is 9.92. The molecule has 7 nitrogen and oxygen atoms in total. The summed E-state index contributed by atoms with van der Waals surface area (Å²) in [7, 11) is 0. The third kappa shape index (κ3) is 3.46. The molecular weight excluding hydrogens is 300 g/mol. The van der Waals surface area contributed by atoms with Crippen molar-refractivity contribution < 1.29 is 24.6 Å². The van der Waals surface area contributed by atoms with E-state index in [1.807, 2.05) is 6.92 Å². The van der Waals surface area contributed by atoms with Gasteiger partial charge in [-0.1, -0.05) is 6.07 Å². The van der Waals surface area contributed by atoms with Gasteiger partial charge in [-0.05, 0) is 32.9 Å². The van der Waals surface area contributed by atoms with Crippen LogP contribution < -0.4 is 10.2 Å². The van der Waals surface area contributed by atoms with Crippen LogP contribution in [0.2, 0.25) is 0 Å². The average Bonchev–Trinajstić information content (AvgIpc) is 2.72. The summed E-state index contributed by atoms with van der Waals surface area (Å²) in [6.07, 6.45) is 0. The molecule has 7 heteroatoms. The molecule has 0 saturated carbocycles. The molecule has 1 aromatic carbocycles. The van der Waals surface area contributed by atoms with Gasteiger partial charge in [0.15, 0.2) is 0 Å². The molecule has 1 aromatic rings. The summed E-state index contributed by atoms with van der Waals surface area (Å²) >= 11 is 0. The van der Waals surface area contributed by atoms with Gasteiger partial charge in [-0.25, -0.2) is 5.48 Å². The molecule has 0 aliphatic carbocycles. The van der Waals surface area contributed by atoms with Crippen molar-refractivity contribution in [3.63, 3.8) is 0 Å². The van der Waals surface area contributed by atoms with E-state index < -0.39 is 11.3 Å². The number of hydrogen-bond donors (Lipinski definition) is 3. The van der Waals surface area contributed by atoms with Crippen molar-refractivity contribution in [2.24, 2.45) is 5.41 Å². The van der Waals surface area contributed by atoms with Crippen LogP contribution in [0.25, 0.3) is 0 Å². The van der Waals surface area contributed by atoms with Crippen molar-refractivity contribution in [2.45, 2.75) is 33.4 Å².